The normalized spacial score (nSPS) is 11.8. The minimum atomic E-state index is -3.54. The molecule has 3 rings (SSSR count). The van der Waals surface area contributed by atoms with Gasteiger partial charge in [-0.2, -0.15) is 0 Å². The van der Waals surface area contributed by atoms with E-state index in [9.17, 15) is 13.2 Å². The first-order chi connectivity index (χ1) is 13.4. The van der Waals surface area contributed by atoms with E-state index >= 15 is 0 Å². The summed E-state index contributed by atoms with van der Waals surface area (Å²) in [6, 6.07) is 16.4. The predicted octanol–water partition coefficient (Wildman–Crippen LogP) is 2.29. The number of rotatable bonds is 8. The third-order valence-electron chi connectivity index (χ3n) is 4.48. The van der Waals surface area contributed by atoms with Crippen LogP contribution in [0.15, 0.2) is 65.7 Å². The minimum Gasteiger partial charge on any atom is -0.353 e. The van der Waals surface area contributed by atoms with Crippen LogP contribution in [0, 0.1) is 0 Å². The molecule has 0 bridgehead atoms. The Morgan fingerprint density at radius 1 is 1.04 bits per heavy atom. The first-order valence-corrected chi connectivity index (χ1v) is 10.8. The largest absolute Gasteiger partial charge is 0.353 e. The molecule has 148 valence electrons. The molecule has 0 saturated heterocycles. The molecule has 0 spiro atoms. The summed E-state index contributed by atoms with van der Waals surface area (Å²) in [4.78, 5) is 14.5. The number of benzene rings is 2. The molecule has 1 N–H and O–H groups in total. The number of aromatic nitrogens is 1. The first-order valence-electron chi connectivity index (χ1n) is 9.13. The van der Waals surface area contributed by atoms with Crippen LogP contribution in [0.5, 0.6) is 0 Å². The van der Waals surface area contributed by atoms with Crippen LogP contribution in [-0.2, 0) is 26.9 Å². The minimum absolute atomic E-state index is 0.0725. The molecule has 0 saturated carbocycles. The van der Waals surface area contributed by atoms with Gasteiger partial charge in [-0.25, -0.2) is 8.42 Å². The Morgan fingerprint density at radius 3 is 2.43 bits per heavy atom. The van der Waals surface area contributed by atoms with Crippen LogP contribution in [0.25, 0.3) is 10.9 Å². The van der Waals surface area contributed by atoms with Gasteiger partial charge in [-0.1, -0.05) is 48.5 Å². The maximum Gasteiger partial charge on any atom is 0.239 e. The second kappa shape index (κ2) is 8.58. The number of fused-ring (bicyclic) bond motifs is 1. The highest BCUT2D eigenvalue weighted by atomic mass is 32.2. The average molecular weight is 400 g/mol. The predicted molar refractivity (Wildman–Crippen MR) is 111 cm³/mol. The molecule has 7 heteroatoms. The number of nitrogens with zero attached hydrogens (tertiary/aromatic N) is 2. The van der Waals surface area contributed by atoms with Gasteiger partial charge in [0, 0.05) is 30.2 Å². The summed E-state index contributed by atoms with van der Waals surface area (Å²) >= 11 is 0. The summed E-state index contributed by atoms with van der Waals surface area (Å²) in [6.45, 7) is 1.37. The molecule has 1 heterocycles. The van der Waals surface area contributed by atoms with E-state index < -0.39 is 9.84 Å². The van der Waals surface area contributed by atoms with Crippen LogP contribution in [0.1, 0.15) is 5.56 Å². The quantitative estimate of drug-likeness (QED) is 0.631. The van der Waals surface area contributed by atoms with Gasteiger partial charge in [-0.3, -0.25) is 4.79 Å². The van der Waals surface area contributed by atoms with Gasteiger partial charge < -0.3 is 14.8 Å². The van der Waals surface area contributed by atoms with Crippen molar-refractivity contribution in [2.24, 2.45) is 0 Å². The maximum absolute atomic E-state index is 13.0. The van der Waals surface area contributed by atoms with E-state index in [1.165, 1.54) is 0 Å². The van der Waals surface area contributed by atoms with Crippen molar-refractivity contribution >= 4 is 26.6 Å². The smallest absolute Gasteiger partial charge is 0.239 e. The molecule has 1 aromatic heterocycles. The molecule has 0 aliphatic carbocycles. The standard InChI is InChI=1S/C21H25N3O3S/c1-23(2)13-12-22-21(25)15-24-14-20(18-10-6-7-11-19(18)24)28(26,27)16-17-8-4-3-5-9-17/h3-11,14H,12-13,15-16H2,1-2H3,(H,22,25). The Kier molecular flexibility index (Phi) is 6.16. The lowest BCUT2D eigenvalue weighted by atomic mass is 10.2. The third-order valence-corrected chi connectivity index (χ3v) is 6.19. The lowest BCUT2D eigenvalue weighted by Crippen LogP contribution is -2.33. The van der Waals surface area contributed by atoms with Gasteiger partial charge in [0.2, 0.25) is 5.91 Å². The van der Waals surface area contributed by atoms with E-state index in [0.29, 0.717) is 11.9 Å². The van der Waals surface area contributed by atoms with Crippen molar-refractivity contribution in [1.29, 1.82) is 0 Å². The molecule has 0 aliphatic rings. The van der Waals surface area contributed by atoms with Gasteiger partial charge in [-0.15, -0.1) is 0 Å². The van der Waals surface area contributed by atoms with Gasteiger partial charge in [0.25, 0.3) is 0 Å². The highest BCUT2D eigenvalue weighted by molar-refractivity contribution is 7.90. The number of hydrogen-bond acceptors (Lipinski definition) is 4. The lowest BCUT2D eigenvalue weighted by Gasteiger charge is -2.11. The van der Waals surface area contributed by atoms with Crippen LogP contribution in [-0.4, -0.2) is 51.0 Å². The third kappa shape index (κ3) is 4.79. The number of sulfone groups is 1. The summed E-state index contributed by atoms with van der Waals surface area (Å²) in [5.74, 6) is -0.216. The highest BCUT2D eigenvalue weighted by Crippen LogP contribution is 2.28. The number of carbonyl (C=O) groups is 1. The molecule has 3 aromatic rings. The summed E-state index contributed by atoms with van der Waals surface area (Å²) in [7, 11) is 0.338. The number of para-hydroxylation sites is 1. The number of amides is 1. The molecular formula is C21H25N3O3S. The Bertz CT molecular complexity index is 1060. The van der Waals surface area contributed by atoms with Crippen molar-refractivity contribution in [3.8, 4) is 0 Å². The monoisotopic (exact) mass is 399 g/mol. The number of hydrogen-bond donors (Lipinski definition) is 1. The van der Waals surface area contributed by atoms with Gasteiger partial charge in [0.1, 0.15) is 6.54 Å². The van der Waals surface area contributed by atoms with Crippen LogP contribution in [0.4, 0.5) is 0 Å². The van der Waals surface area contributed by atoms with Crippen molar-refractivity contribution in [2.75, 3.05) is 27.2 Å². The summed E-state index contributed by atoms with van der Waals surface area (Å²) in [5, 5.41) is 3.50. The number of nitrogens with one attached hydrogen (secondary N) is 1. The Hall–Kier alpha value is -2.64. The van der Waals surface area contributed by atoms with E-state index in [4.69, 9.17) is 0 Å². The van der Waals surface area contributed by atoms with Gasteiger partial charge in [-0.05, 0) is 25.7 Å². The van der Waals surface area contributed by atoms with Crippen molar-refractivity contribution in [3.05, 3.63) is 66.4 Å². The summed E-state index contributed by atoms with van der Waals surface area (Å²) < 4.78 is 27.8. The Balaban J connectivity index is 1.87. The zero-order valence-electron chi connectivity index (χ0n) is 16.1. The van der Waals surface area contributed by atoms with E-state index in [1.807, 2.05) is 55.4 Å². The molecule has 6 nitrogen and oxygen atoms in total. The zero-order valence-corrected chi connectivity index (χ0v) is 16.9. The van der Waals surface area contributed by atoms with E-state index in [-0.39, 0.29) is 23.1 Å². The maximum atomic E-state index is 13.0. The highest BCUT2D eigenvalue weighted by Gasteiger charge is 2.22. The number of likely N-dealkylation sites (N-methyl/N-ethyl adjacent to an activating group) is 1. The molecule has 0 atom stereocenters. The SMILES string of the molecule is CN(C)CCNC(=O)Cn1cc(S(=O)(=O)Cc2ccccc2)c2ccccc21. The molecule has 0 aliphatic heterocycles. The van der Waals surface area contributed by atoms with Crippen molar-refractivity contribution in [1.82, 2.24) is 14.8 Å². The van der Waals surface area contributed by atoms with Crippen molar-refractivity contribution in [2.45, 2.75) is 17.2 Å². The summed E-state index contributed by atoms with van der Waals surface area (Å²) in [6.07, 6.45) is 1.58. The first kappa shape index (κ1) is 20.1. The number of carbonyl (C=O) groups excluding carboxylic acids is 1. The fourth-order valence-corrected chi connectivity index (χ4v) is 4.67. The van der Waals surface area contributed by atoms with Crippen LogP contribution >= 0.6 is 0 Å². The molecule has 0 unspecified atom stereocenters. The van der Waals surface area contributed by atoms with Crippen LogP contribution in [0.3, 0.4) is 0 Å². The average Bonchev–Trinajstić information content (AvgIpc) is 3.01. The zero-order chi connectivity index (χ0) is 20.1. The van der Waals surface area contributed by atoms with E-state index in [1.54, 1.807) is 29.0 Å². The van der Waals surface area contributed by atoms with E-state index in [0.717, 1.165) is 17.6 Å². The second-order valence-electron chi connectivity index (χ2n) is 7.04. The van der Waals surface area contributed by atoms with Gasteiger partial charge >= 0.3 is 0 Å². The van der Waals surface area contributed by atoms with Crippen LogP contribution in [0.2, 0.25) is 0 Å². The molecule has 2 aromatic carbocycles. The van der Waals surface area contributed by atoms with E-state index in [2.05, 4.69) is 5.32 Å². The summed E-state index contributed by atoms with van der Waals surface area (Å²) in [5.41, 5.74) is 1.47. The Morgan fingerprint density at radius 2 is 1.71 bits per heavy atom. The topological polar surface area (TPSA) is 71.4 Å². The fraction of sp³-hybridized carbons (Fsp3) is 0.286. The molecular weight excluding hydrogens is 374 g/mol. The Labute approximate surface area is 165 Å². The molecule has 0 fully saturated rings. The molecule has 1 amide bonds. The second-order valence-corrected chi connectivity index (χ2v) is 8.99. The lowest BCUT2D eigenvalue weighted by molar-refractivity contribution is -0.121. The fourth-order valence-electron chi connectivity index (χ4n) is 3.09. The molecule has 28 heavy (non-hydrogen) atoms. The van der Waals surface area contributed by atoms with Gasteiger partial charge in [0.05, 0.1) is 10.6 Å². The van der Waals surface area contributed by atoms with Crippen LogP contribution < -0.4 is 5.32 Å². The molecule has 0 radical (unpaired) electrons. The van der Waals surface area contributed by atoms with Gasteiger partial charge in [0.15, 0.2) is 9.84 Å². The van der Waals surface area contributed by atoms with Crippen molar-refractivity contribution < 1.29 is 13.2 Å². The van der Waals surface area contributed by atoms with Crippen molar-refractivity contribution in [3.63, 3.8) is 0 Å².